The molecule has 0 spiro atoms. The van der Waals surface area contributed by atoms with E-state index in [4.69, 9.17) is 86.3 Å². The molecule has 0 saturated heterocycles. The molecule has 0 unspecified atom stereocenters. The van der Waals surface area contributed by atoms with Crippen molar-refractivity contribution in [1.29, 1.82) is 0 Å². The number of halogens is 6. The second-order valence-corrected chi connectivity index (χ2v) is 8.67. The third-order valence-electron chi connectivity index (χ3n) is 0. The number of rotatable bonds is 0. The van der Waals surface area contributed by atoms with E-state index in [9.17, 15) is 24.6 Å². The van der Waals surface area contributed by atoms with Crippen molar-refractivity contribution in [3.05, 3.63) is 0 Å². The van der Waals surface area contributed by atoms with Gasteiger partial charge in [-0.2, -0.15) is 0 Å². The van der Waals surface area contributed by atoms with Gasteiger partial charge in [0.2, 0.25) is 0 Å². The van der Waals surface area contributed by atoms with Gasteiger partial charge in [0.25, 0.3) is 0 Å². The van der Waals surface area contributed by atoms with Gasteiger partial charge in [-0.1, -0.05) is 54.8 Å². The van der Waals surface area contributed by atoms with Gasteiger partial charge < -0.3 is 111 Å². The largest absolute Gasteiger partial charge is 1.00 e. The van der Waals surface area contributed by atoms with Crippen molar-refractivity contribution in [3.8, 4) is 0 Å². The van der Waals surface area contributed by atoms with Crippen LogP contribution in [0, 0.1) is 0 Å². The maximum Gasteiger partial charge on any atom is 1.00 e. The van der Waals surface area contributed by atoms with Gasteiger partial charge >= 0.3 is 269 Å². The van der Waals surface area contributed by atoms with Crippen molar-refractivity contribution in [3.63, 3.8) is 0 Å². The molecule has 18 nitrogen and oxygen atoms in total. The summed E-state index contributed by atoms with van der Waals surface area (Å²) in [4.78, 5) is 152. The van der Waals surface area contributed by atoms with Crippen LogP contribution in [0.15, 0.2) is 0 Å². The molecule has 312 valence electrons. The van der Waals surface area contributed by atoms with Crippen LogP contribution in [0.5, 0.6) is 0 Å². The monoisotopic (exact) mass is 1850 g/mol. The Balaban J connectivity index is -0.00000000973. The van der Waals surface area contributed by atoms with Crippen LogP contribution in [0.4, 0.5) is 24.6 Å². The molecule has 42 heteroatoms. The van der Waals surface area contributed by atoms with Gasteiger partial charge in [-0.15, -0.1) is 0 Å². The van der Waals surface area contributed by atoms with E-state index >= 15 is 0 Å². The molecule has 42 heavy (non-hydrogen) atoms. The van der Waals surface area contributed by atoms with Crippen molar-refractivity contribution in [2.24, 2.45) is 0 Å². The minimum atomic E-state index is -5.86. The summed E-state index contributed by atoms with van der Waals surface area (Å²) in [7, 11) is -35.2. The molecule has 0 bridgehead atoms. The van der Waals surface area contributed by atoms with Gasteiger partial charge in [-0.25, -0.2) is 0 Å². The van der Waals surface area contributed by atoms with E-state index in [1.165, 1.54) is 0 Å². The Labute approximate surface area is 426 Å². The summed E-state index contributed by atoms with van der Waals surface area (Å²) in [5.41, 5.74) is 0. The Morgan fingerprint density at radius 2 is 0.167 bits per heavy atom. The minimum absolute atomic E-state index is 0. The van der Waals surface area contributed by atoms with Crippen molar-refractivity contribution in [2.75, 3.05) is 0 Å². The molecular formula is Ag12F6O18Si6-6. The first-order chi connectivity index (χ1) is 12.0. The average Bonchev–Trinajstić information content (AvgIpc) is 1.94. The minimum Gasteiger partial charge on any atom is -0.857 e. The molecule has 0 radical (unpaired) electrons. The van der Waals surface area contributed by atoms with Crippen LogP contribution in [-0.4, -0.2) is 54.8 Å². The van der Waals surface area contributed by atoms with Gasteiger partial charge in [0.15, 0.2) is 0 Å². The molecule has 0 amide bonds. The zero-order chi connectivity index (χ0) is 27.0. The van der Waals surface area contributed by atoms with Gasteiger partial charge in [0, 0.05) is 0 Å². The van der Waals surface area contributed by atoms with Crippen molar-refractivity contribution >= 4 is 54.8 Å². The van der Waals surface area contributed by atoms with E-state index in [0.29, 0.717) is 0 Å². The fourth-order valence-electron chi connectivity index (χ4n) is 0. The Bertz CT molecular complexity index is 263. The first-order valence-corrected chi connectivity index (χ1v) is 14.4. The molecule has 0 rings (SSSR count). The fourth-order valence-corrected chi connectivity index (χ4v) is 0. The van der Waals surface area contributed by atoms with Gasteiger partial charge in [-0.3, -0.25) is 0 Å². The quantitative estimate of drug-likeness (QED) is 0.123. The Kier molecular flexibility index (Phi) is 165. The smallest absolute Gasteiger partial charge is 0.857 e. The molecule has 0 aromatic carbocycles. The molecule has 0 heterocycles. The van der Waals surface area contributed by atoms with Crippen LogP contribution < -0.4 is 86.3 Å². The second kappa shape index (κ2) is 59.3. The van der Waals surface area contributed by atoms with Crippen molar-refractivity contribution in [1.82, 2.24) is 0 Å². The summed E-state index contributed by atoms with van der Waals surface area (Å²) in [5, 5.41) is 0. The summed E-state index contributed by atoms with van der Waals surface area (Å²) in [6, 6.07) is 0. The summed E-state index contributed by atoms with van der Waals surface area (Å²) in [6.07, 6.45) is 0. The maximum absolute atomic E-state index is 10.2. The number of hydrogen-bond acceptors (Lipinski definition) is 18. The van der Waals surface area contributed by atoms with Crippen LogP contribution in [0.2, 0.25) is 0 Å². The Morgan fingerprint density at radius 3 is 0.167 bits per heavy atom. The molecular weight excluding hydrogens is 1860 g/mol. The van der Waals surface area contributed by atoms with E-state index in [1.54, 1.807) is 0 Å². The third-order valence-corrected chi connectivity index (χ3v) is 0. The predicted molar refractivity (Wildman–Crippen MR) is 41.2 cm³/mol. The first-order valence-electron chi connectivity index (χ1n) is 4.81. The molecule has 0 aromatic heterocycles. The molecule has 0 aliphatic carbocycles. The van der Waals surface area contributed by atoms with Crippen molar-refractivity contribution in [2.45, 2.75) is 0 Å². The maximum atomic E-state index is 10.2. The van der Waals surface area contributed by atoms with Crippen LogP contribution in [0.25, 0.3) is 0 Å². The topological polar surface area (TPSA) is 415 Å². The fraction of sp³-hybridized carbons (Fsp3) is 0. The molecule has 0 N–H and O–H groups in total. The van der Waals surface area contributed by atoms with E-state index < -0.39 is 54.8 Å². The first kappa shape index (κ1) is 117. The second-order valence-electron chi connectivity index (χ2n) is 2.89. The SMILES string of the molecule is [Ag+].[Ag+].[Ag+].[Ag+].[Ag+].[Ag+].[Ag+].[Ag+].[Ag+].[Ag+].[Ag+].[Ag+].[O-][Si]([O-])([O-])F.[O-][Si]([O-])([O-])F.[O-][Si]([O-])([O-])F.[O-][Si]([O-])([O-])F.[O-][Si]([O-])([O-])F.[O-][Si]([O-])([O-])F. The van der Waals surface area contributed by atoms with E-state index in [0.717, 1.165) is 0 Å². The molecule has 0 aromatic rings. The molecule has 0 aliphatic rings. The number of hydrogen-bond donors (Lipinski definition) is 0. The molecule has 0 saturated carbocycles. The molecule has 0 aliphatic heterocycles. The van der Waals surface area contributed by atoms with E-state index in [-0.39, 0.29) is 269 Å². The van der Waals surface area contributed by atoms with Gasteiger partial charge in [-0.05, 0) is 0 Å². The van der Waals surface area contributed by atoms with Gasteiger partial charge in [0.1, 0.15) is 0 Å². The van der Waals surface area contributed by atoms with Crippen LogP contribution >= 0.6 is 0 Å². The van der Waals surface area contributed by atoms with Crippen LogP contribution in [0.1, 0.15) is 0 Å². The van der Waals surface area contributed by atoms with Crippen LogP contribution in [-0.2, 0) is 269 Å². The summed E-state index contributed by atoms with van der Waals surface area (Å²) < 4.78 is 61.0. The third kappa shape index (κ3) is 1380. The zero-order valence-electron chi connectivity index (χ0n) is 16.2. The van der Waals surface area contributed by atoms with E-state index in [1.807, 2.05) is 0 Å². The molecule has 0 atom stereocenters. The Morgan fingerprint density at radius 1 is 0.167 bits per heavy atom. The summed E-state index contributed by atoms with van der Waals surface area (Å²) >= 11 is 0. The average molecular weight is 1860 g/mol. The summed E-state index contributed by atoms with van der Waals surface area (Å²) in [5.74, 6) is 0. The van der Waals surface area contributed by atoms with Crippen LogP contribution in [0.3, 0.4) is 0 Å². The Hall–Kier alpha value is 9.04. The normalized spacial score (nSPS) is 8.57. The molecule has 0 fully saturated rings. The summed E-state index contributed by atoms with van der Waals surface area (Å²) in [6.45, 7) is 0. The standard InChI is InChI=1S/12Ag.6FO3Si/c;;;;;;;;;;;;6*1-5(2,3)4/q12*+1;6*-3. The van der Waals surface area contributed by atoms with Gasteiger partial charge in [0.05, 0.1) is 0 Å². The van der Waals surface area contributed by atoms with E-state index in [2.05, 4.69) is 0 Å². The van der Waals surface area contributed by atoms with Crippen molar-refractivity contribution < 1.29 is 380 Å². The predicted octanol–water partition coefficient (Wildman–Crippen LogP) is -21.2. The zero-order valence-corrected chi connectivity index (χ0v) is 40.0.